The normalized spacial score (nSPS) is 17.5. The summed E-state index contributed by atoms with van der Waals surface area (Å²) in [7, 11) is 1.23. The minimum Gasteiger partial charge on any atom is -0.484 e. The van der Waals surface area contributed by atoms with E-state index in [1.54, 1.807) is 43.3 Å². The molecule has 7 nitrogen and oxygen atoms in total. The Kier molecular flexibility index (Phi) is 7.83. The zero-order valence-corrected chi connectivity index (χ0v) is 20.4. The van der Waals surface area contributed by atoms with Gasteiger partial charge < -0.3 is 14.8 Å². The quantitative estimate of drug-likeness (QED) is 0.454. The van der Waals surface area contributed by atoms with Crippen molar-refractivity contribution in [1.29, 1.82) is 0 Å². The molecule has 8 heteroatoms. The number of hydrogen-bond donors (Lipinski definition) is 1. The van der Waals surface area contributed by atoms with Crippen LogP contribution >= 0.6 is 0 Å². The average molecular weight is 493 g/mol. The van der Waals surface area contributed by atoms with Crippen LogP contribution < -0.4 is 15.0 Å². The first-order chi connectivity index (χ1) is 17.4. The topological polar surface area (TPSA) is 84.9 Å². The number of hydrogen-bond acceptors (Lipinski definition) is 5. The SMILES string of the molecule is COC(=O)C1=C(C)N(c2ccccc2F)C(=O)/C1=C\c1ccc(OCC(=O)NC2CCCCC2)cc1. The average Bonchev–Trinajstić information content (AvgIpc) is 3.13. The molecule has 1 heterocycles. The minimum atomic E-state index is -0.685. The summed E-state index contributed by atoms with van der Waals surface area (Å²) in [6, 6.07) is 12.9. The van der Waals surface area contributed by atoms with Crippen LogP contribution in [0.3, 0.4) is 0 Å². The third-order valence-corrected chi connectivity index (χ3v) is 6.41. The molecule has 1 aliphatic heterocycles. The van der Waals surface area contributed by atoms with Crippen LogP contribution in [0.25, 0.3) is 6.08 Å². The number of carbonyl (C=O) groups excluding carboxylic acids is 3. The van der Waals surface area contributed by atoms with Crippen LogP contribution in [-0.2, 0) is 19.1 Å². The van der Waals surface area contributed by atoms with Crippen molar-refractivity contribution in [3.05, 3.63) is 76.8 Å². The van der Waals surface area contributed by atoms with E-state index in [0.717, 1.165) is 25.7 Å². The van der Waals surface area contributed by atoms with Gasteiger partial charge in [0, 0.05) is 11.7 Å². The van der Waals surface area contributed by atoms with Crippen molar-refractivity contribution in [2.24, 2.45) is 0 Å². The summed E-state index contributed by atoms with van der Waals surface area (Å²) >= 11 is 0. The third kappa shape index (κ3) is 5.48. The van der Waals surface area contributed by atoms with Gasteiger partial charge in [0.15, 0.2) is 6.61 Å². The lowest BCUT2D eigenvalue weighted by atomic mass is 9.95. The standard InChI is InChI=1S/C28H29FN2O5/c1-18-26(28(34)35-2)22(27(33)31(18)24-11-7-6-10-23(24)29)16-19-12-14-21(15-13-19)36-17-25(32)30-20-8-4-3-5-9-20/h6-7,10-16,20H,3-5,8-9,17H2,1-2H3,(H,30,32)/b22-16-. The van der Waals surface area contributed by atoms with Gasteiger partial charge in [0.2, 0.25) is 0 Å². The van der Waals surface area contributed by atoms with Crippen LogP contribution in [0.1, 0.15) is 44.6 Å². The fourth-order valence-electron chi connectivity index (χ4n) is 4.60. The van der Waals surface area contributed by atoms with Crippen LogP contribution in [0.2, 0.25) is 0 Å². The van der Waals surface area contributed by atoms with E-state index in [-0.39, 0.29) is 41.1 Å². The molecule has 1 aliphatic carbocycles. The molecule has 0 unspecified atom stereocenters. The minimum absolute atomic E-state index is 0.0556. The molecule has 0 saturated heterocycles. The summed E-state index contributed by atoms with van der Waals surface area (Å²) in [6.45, 7) is 1.49. The molecule has 2 aromatic carbocycles. The van der Waals surface area contributed by atoms with Crippen molar-refractivity contribution in [3.8, 4) is 5.75 Å². The number of halogens is 1. The number of esters is 1. The van der Waals surface area contributed by atoms with Gasteiger partial charge >= 0.3 is 5.97 Å². The van der Waals surface area contributed by atoms with E-state index in [1.807, 2.05) is 0 Å². The molecule has 0 bridgehead atoms. The van der Waals surface area contributed by atoms with Gasteiger partial charge in [-0.25, -0.2) is 9.18 Å². The van der Waals surface area contributed by atoms with E-state index < -0.39 is 17.7 Å². The van der Waals surface area contributed by atoms with E-state index in [0.29, 0.717) is 11.3 Å². The number of amides is 2. The highest BCUT2D eigenvalue weighted by molar-refractivity contribution is 6.23. The Labute approximate surface area is 209 Å². The monoisotopic (exact) mass is 492 g/mol. The van der Waals surface area contributed by atoms with Crippen LogP contribution in [0, 0.1) is 5.82 Å². The number of benzene rings is 2. The second-order valence-corrected chi connectivity index (χ2v) is 8.86. The zero-order valence-electron chi connectivity index (χ0n) is 20.4. The Morgan fingerprint density at radius 1 is 1.08 bits per heavy atom. The van der Waals surface area contributed by atoms with Gasteiger partial charge in [0.25, 0.3) is 11.8 Å². The summed E-state index contributed by atoms with van der Waals surface area (Å²) in [6.07, 6.45) is 7.05. The molecule has 0 aromatic heterocycles. The Morgan fingerprint density at radius 3 is 2.44 bits per heavy atom. The lowest BCUT2D eigenvalue weighted by molar-refractivity contribution is -0.136. The van der Waals surface area contributed by atoms with Gasteiger partial charge in [-0.1, -0.05) is 43.5 Å². The Bertz CT molecular complexity index is 1210. The number of rotatable bonds is 7. The lowest BCUT2D eigenvalue weighted by Gasteiger charge is -2.22. The number of para-hydroxylation sites is 1. The summed E-state index contributed by atoms with van der Waals surface area (Å²) in [4.78, 5) is 39.2. The number of methoxy groups -OCH3 is 1. The molecule has 2 amide bonds. The van der Waals surface area contributed by atoms with E-state index in [9.17, 15) is 18.8 Å². The van der Waals surface area contributed by atoms with Crippen molar-refractivity contribution in [3.63, 3.8) is 0 Å². The van der Waals surface area contributed by atoms with Gasteiger partial charge in [-0.3, -0.25) is 14.5 Å². The maximum atomic E-state index is 14.5. The molecule has 1 saturated carbocycles. The largest absolute Gasteiger partial charge is 0.484 e. The lowest BCUT2D eigenvalue weighted by Crippen LogP contribution is -2.38. The maximum absolute atomic E-state index is 14.5. The second-order valence-electron chi connectivity index (χ2n) is 8.86. The Balaban J connectivity index is 1.49. The maximum Gasteiger partial charge on any atom is 0.340 e. The number of anilines is 1. The molecule has 0 radical (unpaired) electrons. The van der Waals surface area contributed by atoms with Gasteiger partial charge in [0.05, 0.1) is 23.9 Å². The fraction of sp³-hybridized carbons (Fsp3) is 0.321. The number of carbonyl (C=O) groups is 3. The highest BCUT2D eigenvalue weighted by atomic mass is 19.1. The molecular formula is C28H29FN2O5. The van der Waals surface area contributed by atoms with Gasteiger partial charge in [-0.05, 0) is 55.7 Å². The molecule has 1 N–H and O–H groups in total. The Hall–Kier alpha value is -3.94. The highest BCUT2D eigenvalue weighted by Gasteiger charge is 2.38. The number of nitrogens with zero attached hydrogens (tertiary/aromatic N) is 1. The molecule has 2 aliphatic rings. The molecule has 0 atom stereocenters. The fourth-order valence-corrected chi connectivity index (χ4v) is 4.60. The van der Waals surface area contributed by atoms with Crippen LogP contribution in [0.15, 0.2) is 65.4 Å². The van der Waals surface area contributed by atoms with E-state index >= 15 is 0 Å². The van der Waals surface area contributed by atoms with Crippen molar-refractivity contribution in [1.82, 2.24) is 5.32 Å². The molecule has 2 aromatic rings. The first-order valence-electron chi connectivity index (χ1n) is 12.0. The Morgan fingerprint density at radius 2 is 1.78 bits per heavy atom. The predicted octanol–water partition coefficient (Wildman–Crippen LogP) is 4.53. The van der Waals surface area contributed by atoms with Crippen LogP contribution in [-0.4, -0.2) is 37.5 Å². The van der Waals surface area contributed by atoms with Crippen molar-refractivity contribution < 1.29 is 28.2 Å². The first-order valence-corrected chi connectivity index (χ1v) is 12.0. The van der Waals surface area contributed by atoms with Crippen LogP contribution in [0.4, 0.5) is 10.1 Å². The molecule has 4 rings (SSSR count). The van der Waals surface area contributed by atoms with Crippen LogP contribution in [0.5, 0.6) is 5.75 Å². The molecule has 1 fully saturated rings. The van der Waals surface area contributed by atoms with Crippen molar-refractivity contribution in [2.75, 3.05) is 18.6 Å². The van der Waals surface area contributed by atoms with Gasteiger partial charge in [0.1, 0.15) is 11.6 Å². The van der Waals surface area contributed by atoms with Gasteiger partial charge in [-0.2, -0.15) is 0 Å². The van der Waals surface area contributed by atoms with E-state index in [4.69, 9.17) is 9.47 Å². The van der Waals surface area contributed by atoms with Crippen molar-refractivity contribution in [2.45, 2.75) is 45.1 Å². The number of nitrogens with one attached hydrogen (secondary N) is 1. The number of ether oxygens (including phenoxy) is 2. The third-order valence-electron chi connectivity index (χ3n) is 6.41. The van der Waals surface area contributed by atoms with E-state index in [2.05, 4.69) is 5.32 Å². The predicted molar refractivity (Wildman–Crippen MR) is 134 cm³/mol. The summed E-state index contributed by atoms with van der Waals surface area (Å²) in [5.74, 6) is -1.44. The van der Waals surface area contributed by atoms with Gasteiger partial charge in [-0.15, -0.1) is 0 Å². The molecular weight excluding hydrogens is 463 g/mol. The van der Waals surface area contributed by atoms with Crippen molar-refractivity contribution >= 4 is 29.5 Å². The highest BCUT2D eigenvalue weighted by Crippen LogP contribution is 2.36. The molecule has 188 valence electrons. The first kappa shape index (κ1) is 25.2. The second kappa shape index (κ2) is 11.2. The smallest absolute Gasteiger partial charge is 0.340 e. The molecule has 0 spiro atoms. The summed E-state index contributed by atoms with van der Waals surface area (Å²) < 4.78 is 25.0. The summed E-state index contributed by atoms with van der Waals surface area (Å²) in [5.41, 5.74) is 1.14. The molecule has 36 heavy (non-hydrogen) atoms. The number of allylic oxidation sites excluding steroid dienone is 1. The van der Waals surface area contributed by atoms with E-state index in [1.165, 1.54) is 36.6 Å². The summed E-state index contributed by atoms with van der Waals surface area (Å²) in [5, 5.41) is 3.01. The zero-order chi connectivity index (χ0) is 25.7.